The lowest BCUT2D eigenvalue weighted by atomic mass is 10.00. The molecule has 0 unspecified atom stereocenters. The van der Waals surface area contributed by atoms with Crippen LogP contribution in [0.5, 0.6) is 0 Å². The van der Waals surface area contributed by atoms with Gasteiger partial charge in [0.05, 0.1) is 24.1 Å². The molecular weight excluding hydrogens is 344 g/mol. The summed E-state index contributed by atoms with van der Waals surface area (Å²) < 4.78 is 4.62. The van der Waals surface area contributed by atoms with Crippen LogP contribution in [-0.2, 0) is 28.8 Å². The molecule has 1 amide bonds. The Morgan fingerprint density at radius 3 is 2.83 bits per heavy atom. The molecule has 0 radical (unpaired) electrons. The van der Waals surface area contributed by atoms with Gasteiger partial charge in [-0.2, -0.15) is 0 Å². The average Bonchev–Trinajstić information content (AvgIpc) is 3.14. The molecule has 0 fully saturated rings. The van der Waals surface area contributed by atoms with Crippen LogP contribution in [-0.4, -0.2) is 24.0 Å². The zero-order chi connectivity index (χ0) is 16.9. The lowest BCUT2D eigenvalue weighted by Crippen LogP contribution is -2.10. The number of anilines is 1. The molecule has 1 aliphatic carbocycles. The third-order valence-corrected chi connectivity index (χ3v) is 6.09. The van der Waals surface area contributed by atoms with Crippen molar-refractivity contribution in [3.8, 4) is 0 Å². The van der Waals surface area contributed by atoms with E-state index < -0.39 is 0 Å². The van der Waals surface area contributed by atoms with Crippen molar-refractivity contribution in [1.82, 2.24) is 4.98 Å². The molecule has 0 bridgehead atoms. The third-order valence-electron chi connectivity index (χ3n) is 4.05. The Kier molecular flexibility index (Phi) is 5.63. The van der Waals surface area contributed by atoms with Crippen molar-refractivity contribution in [2.75, 3.05) is 12.4 Å². The van der Waals surface area contributed by atoms with Crippen LogP contribution in [0.1, 0.15) is 51.5 Å². The number of hydrogen-bond acceptors (Lipinski definition) is 6. The highest BCUT2D eigenvalue weighted by Crippen LogP contribution is 2.29. The summed E-state index contributed by atoms with van der Waals surface area (Å²) in [6.07, 6.45) is 7.23. The van der Waals surface area contributed by atoms with Gasteiger partial charge >= 0.3 is 5.97 Å². The van der Waals surface area contributed by atoms with Crippen molar-refractivity contribution in [2.24, 2.45) is 0 Å². The van der Waals surface area contributed by atoms with Gasteiger partial charge in [0.15, 0.2) is 5.13 Å². The molecule has 0 aromatic carbocycles. The first kappa shape index (κ1) is 17.1. The van der Waals surface area contributed by atoms with Gasteiger partial charge < -0.3 is 4.74 Å². The molecule has 128 valence electrons. The summed E-state index contributed by atoms with van der Waals surface area (Å²) in [5.41, 5.74) is 1.94. The second kappa shape index (κ2) is 7.90. The maximum atomic E-state index is 12.5. The van der Waals surface area contributed by atoms with Crippen molar-refractivity contribution in [3.63, 3.8) is 0 Å². The molecule has 3 rings (SSSR count). The SMILES string of the molecule is COC(=O)Cc1csc(NC(=O)c2cc3c(s2)CCCCCC3)n1. The number of amides is 1. The standard InChI is InChI=1S/C17H20N2O3S2/c1-22-15(20)9-12-10-23-17(18-12)19-16(21)14-8-11-6-4-2-3-5-7-13(11)24-14/h8,10H,2-7,9H2,1H3,(H,18,19,21). The molecule has 7 heteroatoms. The highest BCUT2D eigenvalue weighted by atomic mass is 32.1. The van der Waals surface area contributed by atoms with Gasteiger partial charge in [-0.1, -0.05) is 12.8 Å². The molecule has 2 aromatic heterocycles. The van der Waals surface area contributed by atoms with Crippen LogP contribution in [0.3, 0.4) is 0 Å². The van der Waals surface area contributed by atoms with Gasteiger partial charge in [0.25, 0.3) is 5.91 Å². The molecule has 5 nitrogen and oxygen atoms in total. The van der Waals surface area contributed by atoms with Gasteiger partial charge in [-0.05, 0) is 37.3 Å². The molecular formula is C17H20N2O3S2. The lowest BCUT2D eigenvalue weighted by Gasteiger charge is -2.07. The summed E-state index contributed by atoms with van der Waals surface area (Å²) in [6.45, 7) is 0. The Hall–Kier alpha value is -1.73. The van der Waals surface area contributed by atoms with E-state index in [1.165, 1.54) is 54.6 Å². The molecule has 0 aliphatic heterocycles. The number of nitrogens with one attached hydrogen (secondary N) is 1. The van der Waals surface area contributed by atoms with Crippen LogP contribution in [0.2, 0.25) is 0 Å². The fourth-order valence-corrected chi connectivity index (χ4v) is 4.63. The van der Waals surface area contributed by atoms with Gasteiger partial charge in [0.2, 0.25) is 0 Å². The first-order valence-corrected chi connectivity index (χ1v) is 9.79. The number of fused-ring (bicyclic) bond motifs is 1. The van der Waals surface area contributed by atoms with Crippen molar-refractivity contribution < 1.29 is 14.3 Å². The number of aromatic nitrogens is 1. The number of nitrogens with zero attached hydrogens (tertiary/aromatic N) is 1. The van der Waals surface area contributed by atoms with Crippen molar-refractivity contribution in [3.05, 3.63) is 32.5 Å². The lowest BCUT2D eigenvalue weighted by molar-refractivity contribution is -0.139. The van der Waals surface area contributed by atoms with E-state index in [0.29, 0.717) is 10.8 Å². The molecule has 0 saturated carbocycles. The zero-order valence-corrected chi connectivity index (χ0v) is 15.2. The van der Waals surface area contributed by atoms with E-state index in [1.54, 1.807) is 16.7 Å². The number of thiophene rings is 1. The predicted octanol–water partition coefficient (Wildman–Crippen LogP) is 3.83. The molecule has 2 heterocycles. The highest BCUT2D eigenvalue weighted by Gasteiger charge is 2.17. The summed E-state index contributed by atoms with van der Waals surface area (Å²) in [5.74, 6) is -0.457. The Balaban J connectivity index is 1.66. The molecule has 0 atom stereocenters. The topological polar surface area (TPSA) is 68.3 Å². The number of carbonyl (C=O) groups is 2. The van der Waals surface area contributed by atoms with Crippen molar-refractivity contribution in [1.29, 1.82) is 0 Å². The van der Waals surface area contributed by atoms with Crippen molar-refractivity contribution in [2.45, 2.75) is 44.9 Å². The van der Waals surface area contributed by atoms with E-state index in [4.69, 9.17) is 0 Å². The van der Waals surface area contributed by atoms with Crippen LogP contribution >= 0.6 is 22.7 Å². The van der Waals surface area contributed by atoms with Gasteiger partial charge in [-0.15, -0.1) is 22.7 Å². The molecule has 24 heavy (non-hydrogen) atoms. The highest BCUT2D eigenvalue weighted by molar-refractivity contribution is 7.15. The minimum Gasteiger partial charge on any atom is -0.469 e. The average molecular weight is 364 g/mol. The fraction of sp³-hybridized carbons (Fsp3) is 0.471. The number of ether oxygens (including phenoxy) is 1. The second-order valence-electron chi connectivity index (χ2n) is 5.82. The Labute approximate surface area is 149 Å². The van der Waals surface area contributed by atoms with E-state index in [2.05, 4.69) is 15.0 Å². The van der Waals surface area contributed by atoms with Crippen LogP contribution < -0.4 is 5.32 Å². The van der Waals surface area contributed by atoms with Crippen LogP contribution in [0.4, 0.5) is 5.13 Å². The summed E-state index contributed by atoms with van der Waals surface area (Å²) >= 11 is 2.92. The van der Waals surface area contributed by atoms with E-state index in [-0.39, 0.29) is 18.3 Å². The fourth-order valence-electron chi connectivity index (χ4n) is 2.78. The summed E-state index contributed by atoms with van der Waals surface area (Å²) in [7, 11) is 1.35. The number of methoxy groups -OCH3 is 1. The number of esters is 1. The molecule has 0 saturated heterocycles. The Morgan fingerprint density at radius 1 is 1.25 bits per heavy atom. The second-order valence-corrected chi connectivity index (χ2v) is 7.82. The maximum Gasteiger partial charge on any atom is 0.311 e. The monoisotopic (exact) mass is 364 g/mol. The normalized spacial score (nSPS) is 14.4. The molecule has 0 spiro atoms. The first-order valence-electron chi connectivity index (χ1n) is 8.10. The third kappa shape index (κ3) is 4.21. The van der Waals surface area contributed by atoms with Gasteiger partial charge in [-0.3, -0.25) is 14.9 Å². The van der Waals surface area contributed by atoms with E-state index in [0.717, 1.165) is 17.7 Å². The number of carbonyl (C=O) groups excluding carboxylic acids is 2. The molecule has 2 aromatic rings. The zero-order valence-electron chi connectivity index (χ0n) is 13.6. The number of thiazole rings is 1. The summed E-state index contributed by atoms with van der Waals surface area (Å²) in [5, 5.41) is 5.11. The van der Waals surface area contributed by atoms with Gasteiger partial charge in [0, 0.05) is 10.3 Å². The number of aryl methyl sites for hydroxylation is 2. The Bertz CT molecular complexity index is 711. The summed E-state index contributed by atoms with van der Waals surface area (Å²) in [6, 6.07) is 2.03. The quantitative estimate of drug-likeness (QED) is 0.837. The largest absolute Gasteiger partial charge is 0.469 e. The summed E-state index contributed by atoms with van der Waals surface area (Å²) in [4.78, 5) is 30.1. The molecule has 1 aliphatic rings. The van der Waals surface area contributed by atoms with E-state index in [9.17, 15) is 9.59 Å². The predicted molar refractivity (Wildman–Crippen MR) is 96.0 cm³/mol. The number of rotatable bonds is 4. The minimum atomic E-state index is -0.337. The van der Waals surface area contributed by atoms with Crippen LogP contribution in [0.15, 0.2) is 11.4 Å². The molecule has 1 N–H and O–H groups in total. The van der Waals surface area contributed by atoms with Gasteiger partial charge in [0.1, 0.15) is 0 Å². The van der Waals surface area contributed by atoms with Crippen LogP contribution in [0.25, 0.3) is 0 Å². The van der Waals surface area contributed by atoms with Crippen molar-refractivity contribution >= 4 is 39.7 Å². The smallest absolute Gasteiger partial charge is 0.311 e. The minimum absolute atomic E-state index is 0.120. The first-order chi connectivity index (χ1) is 11.7. The Morgan fingerprint density at radius 2 is 2.04 bits per heavy atom. The maximum absolute atomic E-state index is 12.5. The van der Waals surface area contributed by atoms with Crippen LogP contribution in [0, 0.1) is 0 Å². The van der Waals surface area contributed by atoms with Gasteiger partial charge in [-0.25, -0.2) is 4.98 Å². The van der Waals surface area contributed by atoms with E-state index in [1.807, 2.05) is 6.07 Å². The number of hydrogen-bond donors (Lipinski definition) is 1. The van der Waals surface area contributed by atoms with E-state index >= 15 is 0 Å².